The molecule has 12 heteroatoms. The lowest BCUT2D eigenvalue weighted by molar-refractivity contribution is -0.119. The van der Waals surface area contributed by atoms with E-state index in [2.05, 4.69) is 43.4 Å². The van der Waals surface area contributed by atoms with Crippen LogP contribution in [0.1, 0.15) is 49.7 Å². The molecular weight excluding hydrogens is 606 g/mol. The van der Waals surface area contributed by atoms with E-state index in [0.29, 0.717) is 42.0 Å². The Morgan fingerprint density at radius 3 is 2.44 bits per heavy atom. The number of rotatable bonds is 10. The summed E-state index contributed by atoms with van der Waals surface area (Å²) in [5, 5.41) is 13.3. The number of nitrogens with one attached hydrogen (secondary N) is 1. The van der Waals surface area contributed by atoms with Gasteiger partial charge in [0.05, 0.1) is 26.5 Å². The first-order chi connectivity index (χ1) is 23.5. The summed E-state index contributed by atoms with van der Waals surface area (Å²) in [7, 11) is 1.53. The molecule has 2 aliphatic heterocycles. The van der Waals surface area contributed by atoms with Crippen molar-refractivity contribution in [2.45, 2.75) is 57.0 Å². The van der Waals surface area contributed by atoms with E-state index in [1.54, 1.807) is 24.8 Å². The van der Waals surface area contributed by atoms with E-state index < -0.39 is 0 Å². The number of carbonyl (C=O) groups excluding carboxylic acids is 1. The van der Waals surface area contributed by atoms with Crippen molar-refractivity contribution < 1.29 is 14.3 Å². The first-order valence-corrected chi connectivity index (χ1v) is 16.6. The van der Waals surface area contributed by atoms with E-state index in [1.807, 2.05) is 35.2 Å². The summed E-state index contributed by atoms with van der Waals surface area (Å²) >= 11 is 0. The van der Waals surface area contributed by atoms with Crippen LogP contribution >= 0.6 is 0 Å². The van der Waals surface area contributed by atoms with Crippen molar-refractivity contribution in [1.29, 1.82) is 5.26 Å². The molecular formula is C36H39N9O3. The van der Waals surface area contributed by atoms with Gasteiger partial charge in [0.15, 0.2) is 5.82 Å². The quantitative estimate of drug-likeness (QED) is 0.254. The summed E-state index contributed by atoms with van der Waals surface area (Å²) in [6, 6.07) is 16.7. The van der Waals surface area contributed by atoms with Gasteiger partial charge in [0, 0.05) is 66.7 Å². The topological polar surface area (TPSA) is 142 Å². The third-order valence-electron chi connectivity index (χ3n) is 9.72. The summed E-state index contributed by atoms with van der Waals surface area (Å²) in [5.74, 6) is 1.93. The van der Waals surface area contributed by atoms with E-state index in [1.165, 1.54) is 7.11 Å². The van der Waals surface area contributed by atoms with Gasteiger partial charge in [-0.05, 0) is 56.2 Å². The summed E-state index contributed by atoms with van der Waals surface area (Å²) in [6.45, 7) is 3.25. The third kappa shape index (κ3) is 6.78. The van der Waals surface area contributed by atoms with Gasteiger partial charge >= 0.3 is 6.01 Å². The van der Waals surface area contributed by atoms with Gasteiger partial charge in [-0.3, -0.25) is 9.69 Å². The maximum atomic E-state index is 13.9. The highest BCUT2D eigenvalue weighted by Gasteiger charge is 2.45. The average molecular weight is 646 g/mol. The minimum atomic E-state index is 0.0110. The number of amides is 1. The van der Waals surface area contributed by atoms with E-state index in [-0.39, 0.29) is 23.4 Å². The number of methoxy groups -OCH3 is 1. The molecule has 1 aliphatic carbocycles. The fourth-order valence-electron chi connectivity index (χ4n) is 6.97. The monoisotopic (exact) mass is 645 g/mol. The minimum absolute atomic E-state index is 0.0110. The SMILES string of the molecule is COc1ncc(-c2ccc(N(C(=O)CCc3ccccc3)[C@H]3CC[C@H](Nc4ncc(C#N)c(N5CCC6(COC6)C5)n4)CC3)nc2)cn1. The molecule has 1 N–H and O–H groups in total. The lowest BCUT2D eigenvalue weighted by atomic mass is 9.85. The number of aryl methyl sites for hydroxylation is 1. The lowest BCUT2D eigenvalue weighted by Gasteiger charge is -2.37. The van der Waals surface area contributed by atoms with Crippen LogP contribution in [-0.2, 0) is 16.0 Å². The number of hydrogen-bond acceptors (Lipinski definition) is 11. The first-order valence-electron chi connectivity index (χ1n) is 16.6. The van der Waals surface area contributed by atoms with Crippen molar-refractivity contribution in [3.8, 4) is 23.2 Å². The second-order valence-electron chi connectivity index (χ2n) is 13.0. The van der Waals surface area contributed by atoms with Crippen LogP contribution in [0.25, 0.3) is 11.1 Å². The molecule has 3 fully saturated rings. The van der Waals surface area contributed by atoms with Crippen LogP contribution in [0.5, 0.6) is 6.01 Å². The number of nitrogens with zero attached hydrogens (tertiary/aromatic N) is 8. The number of anilines is 3. The van der Waals surface area contributed by atoms with E-state index in [9.17, 15) is 10.1 Å². The Morgan fingerprint density at radius 1 is 1.02 bits per heavy atom. The number of aromatic nitrogens is 5. The standard InChI is InChI=1S/C36H39N9O3/c1-47-35-40-20-28(21-41-35)26-8-13-31(38-18-26)45(32(46)14-7-25-5-3-2-4-6-25)30-11-9-29(10-12-30)42-34-39-19-27(17-37)33(43-34)44-16-15-36(22-44)23-48-24-36/h2-6,8,13,18-21,29-30H,7,9-12,14-16,22-24H2,1H3,(H,39,42,43)/t29-,30-. The van der Waals surface area contributed by atoms with Crippen molar-refractivity contribution in [2.24, 2.45) is 5.41 Å². The van der Waals surface area contributed by atoms with Crippen LogP contribution in [0.3, 0.4) is 0 Å². The molecule has 2 saturated heterocycles. The molecule has 1 spiro atoms. The van der Waals surface area contributed by atoms with Gasteiger partial charge in [-0.15, -0.1) is 0 Å². The van der Waals surface area contributed by atoms with Crippen LogP contribution in [-0.4, -0.2) is 76.3 Å². The number of hydrogen-bond donors (Lipinski definition) is 1. The summed E-state index contributed by atoms with van der Waals surface area (Å²) < 4.78 is 10.6. The molecule has 1 amide bonds. The maximum absolute atomic E-state index is 13.9. The molecule has 4 aromatic rings. The number of carbonyl (C=O) groups is 1. The highest BCUT2D eigenvalue weighted by Crippen LogP contribution is 2.40. The Kier molecular flexibility index (Phi) is 9.12. The highest BCUT2D eigenvalue weighted by molar-refractivity contribution is 5.93. The predicted molar refractivity (Wildman–Crippen MR) is 181 cm³/mol. The van der Waals surface area contributed by atoms with Gasteiger partial charge in [-0.2, -0.15) is 10.2 Å². The first kappa shape index (κ1) is 31.4. The Morgan fingerprint density at radius 2 is 1.79 bits per heavy atom. The number of ether oxygens (including phenoxy) is 2. The van der Waals surface area contributed by atoms with Gasteiger partial charge in [-0.25, -0.2) is 19.9 Å². The van der Waals surface area contributed by atoms with Gasteiger partial charge < -0.3 is 19.7 Å². The van der Waals surface area contributed by atoms with Crippen molar-refractivity contribution >= 4 is 23.5 Å². The molecule has 3 aromatic heterocycles. The van der Waals surface area contributed by atoms with E-state index >= 15 is 0 Å². The number of nitriles is 1. The van der Waals surface area contributed by atoms with Crippen molar-refractivity contribution in [1.82, 2.24) is 24.9 Å². The average Bonchev–Trinajstić information content (AvgIpc) is 3.60. The Hall–Kier alpha value is -5.15. The third-order valence-corrected chi connectivity index (χ3v) is 9.72. The molecule has 7 rings (SSSR count). The fraction of sp³-hybridized carbons (Fsp3) is 0.417. The largest absolute Gasteiger partial charge is 0.467 e. The zero-order valence-electron chi connectivity index (χ0n) is 27.1. The molecule has 12 nitrogen and oxygen atoms in total. The summed E-state index contributed by atoms with van der Waals surface area (Å²) in [6.07, 6.45) is 12.2. The molecule has 0 unspecified atom stereocenters. The van der Waals surface area contributed by atoms with E-state index in [4.69, 9.17) is 19.4 Å². The van der Waals surface area contributed by atoms with Crippen LogP contribution in [0.15, 0.2) is 67.3 Å². The molecule has 0 bridgehead atoms. The Balaban J connectivity index is 1.04. The van der Waals surface area contributed by atoms with Crippen LogP contribution < -0.4 is 19.9 Å². The molecule has 1 saturated carbocycles. The molecule has 0 atom stereocenters. The van der Waals surface area contributed by atoms with Crippen LogP contribution in [0, 0.1) is 16.7 Å². The predicted octanol–water partition coefficient (Wildman–Crippen LogP) is 4.82. The fourth-order valence-corrected chi connectivity index (χ4v) is 6.97. The summed E-state index contributed by atoms with van der Waals surface area (Å²) in [4.78, 5) is 40.5. The van der Waals surface area contributed by atoms with Crippen molar-refractivity contribution in [3.05, 3.63) is 78.4 Å². The van der Waals surface area contributed by atoms with E-state index in [0.717, 1.165) is 75.1 Å². The van der Waals surface area contributed by atoms with Gasteiger partial charge in [0.2, 0.25) is 11.9 Å². The molecule has 246 valence electrons. The van der Waals surface area contributed by atoms with Crippen LogP contribution in [0.2, 0.25) is 0 Å². The Bertz CT molecular complexity index is 1750. The molecule has 5 heterocycles. The minimum Gasteiger partial charge on any atom is -0.467 e. The van der Waals surface area contributed by atoms with Crippen LogP contribution in [0.4, 0.5) is 17.6 Å². The van der Waals surface area contributed by atoms with Gasteiger partial charge in [0.1, 0.15) is 17.5 Å². The lowest BCUT2D eigenvalue weighted by Crippen LogP contribution is -2.45. The van der Waals surface area contributed by atoms with Gasteiger partial charge in [0.25, 0.3) is 0 Å². The maximum Gasteiger partial charge on any atom is 0.316 e. The highest BCUT2D eigenvalue weighted by atomic mass is 16.5. The smallest absolute Gasteiger partial charge is 0.316 e. The zero-order chi connectivity index (χ0) is 32.9. The molecule has 0 radical (unpaired) electrons. The normalized spacial score (nSPS) is 19.7. The summed E-state index contributed by atoms with van der Waals surface area (Å²) in [5.41, 5.74) is 3.49. The van der Waals surface area contributed by atoms with Crippen molar-refractivity contribution in [2.75, 3.05) is 48.5 Å². The molecule has 3 aliphatic rings. The van der Waals surface area contributed by atoms with Gasteiger partial charge in [-0.1, -0.05) is 30.3 Å². The second-order valence-corrected chi connectivity index (χ2v) is 13.0. The van der Waals surface area contributed by atoms with Crippen molar-refractivity contribution in [3.63, 3.8) is 0 Å². The zero-order valence-corrected chi connectivity index (χ0v) is 27.1. The number of benzene rings is 1. The second kappa shape index (κ2) is 13.9. The Labute approximate surface area is 280 Å². The molecule has 1 aromatic carbocycles. The molecule has 48 heavy (non-hydrogen) atoms. The number of pyridine rings is 1.